The maximum atomic E-state index is 12.5. The van der Waals surface area contributed by atoms with E-state index in [9.17, 15) is 4.79 Å². The summed E-state index contributed by atoms with van der Waals surface area (Å²) >= 11 is 3.07. The number of benzene rings is 1. The van der Waals surface area contributed by atoms with Gasteiger partial charge in [-0.15, -0.1) is 22.6 Å². The monoisotopic (exact) mass is 384 g/mol. The molecule has 1 aromatic carbocycles. The molecule has 0 radical (unpaired) electrons. The first-order valence-electron chi connectivity index (χ1n) is 7.68. The molecule has 3 N–H and O–H groups in total. The van der Waals surface area contributed by atoms with Gasteiger partial charge in [0.25, 0.3) is 0 Å². The predicted molar refractivity (Wildman–Crippen MR) is 101 cm³/mol. The fraction of sp³-hybridized carbons (Fsp3) is 0.438. The summed E-state index contributed by atoms with van der Waals surface area (Å²) in [6.45, 7) is 1.98. The third kappa shape index (κ3) is 4.69. The summed E-state index contributed by atoms with van der Waals surface area (Å²) < 4.78 is 0.905. The van der Waals surface area contributed by atoms with Gasteiger partial charge >= 0.3 is 0 Å². The van der Waals surface area contributed by atoms with Crippen LogP contribution in [0.1, 0.15) is 32.6 Å². The van der Waals surface area contributed by atoms with E-state index >= 15 is 0 Å². The van der Waals surface area contributed by atoms with Crippen LogP contribution >= 0.6 is 35.5 Å². The van der Waals surface area contributed by atoms with Crippen molar-refractivity contribution in [2.45, 2.75) is 47.4 Å². The molecule has 0 spiro atoms. The maximum absolute atomic E-state index is 12.5. The van der Waals surface area contributed by atoms with Crippen LogP contribution in [0.2, 0.25) is 0 Å². The largest absolute Gasteiger partial charge is 0.326 e. The number of nitrogens with zero attached hydrogens (tertiary/aromatic N) is 2. The van der Waals surface area contributed by atoms with Gasteiger partial charge in [0.2, 0.25) is 5.91 Å². The third-order valence-corrected chi connectivity index (χ3v) is 6.02. The van der Waals surface area contributed by atoms with Gasteiger partial charge < -0.3 is 11.1 Å². The molecule has 8 heteroatoms. The Morgan fingerprint density at radius 1 is 1.38 bits per heavy atom. The van der Waals surface area contributed by atoms with Crippen LogP contribution in [-0.2, 0) is 4.79 Å². The second kappa shape index (κ2) is 8.29. The van der Waals surface area contributed by atoms with Crippen LogP contribution in [0.4, 0.5) is 5.69 Å². The predicted octanol–water partition coefficient (Wildman–Crippen LogP) is 3.96. The molecule has 2 unspecified atom stereocenters. The zero-order valence-corrected chi connectivity index (χ0v) is 15.8. The van der Waals surface area contributed by atoms with Gasteiger partial charge in [-0.25, -0.2) is 0 Å². The van der Waals surface area contributed by atoms with Crippen LogP contribution in [-0.4, -0.2) is 21.6 Å². The van der Waals surface area contributed by atoms with Crippen molar-refractivity contribution in [2.75, 3.05) is 5.32 Å². The zero-order chi connectivity index (χ0) is 16.3. The van der Waals surface area contributed by atoms with Gasteiger partial charge in [-0.05, 0) is 44.0 Å². The highest BCUT2D eigenvalue weighted by Gasteiger charge is 2.37. The summed E-state index contributed by atoms with van der Waals surface area (Å²) in [7, 11) is 0. The molecule has 1 aliphatic carbocycles. The highest BCUT2D eigenvalue weighted by Crippen LogP contribution is 2.33. The quantitative estimate of drug-likeness (QED) is 0.833. The lowest BCUT2D eigenvalue weighted by atomic mass is 9.74. The van der Waals surface area contributed by atoms with E-state index < -0.39 is 5.54 Å². The van der Waals surface area contributed by atoms with Crippen molar-refractivity contribution in [2.24, 2.45) is 11.7 Å². The second-order valence-corrected chi connectivity index (χ2v) is 8.28. The Kier molecular flexibility index (Phi) is 6.62. The lowest BCUT2D eigenvalue weighted by Crippen LogP contribution is -2.51. The zero-order valence-electron chi connectivity index (χ0n) is 13.4. The summed E-state index contributed by atoms with van der Waals surface area (Å²) in [5.74, 6) is -0.0917. The Bertz CT molecular complexity index is 661. The third-order valence-electron chi connectivity index (χ3n) is 4.24. The molecule has 1 amide bonds. The van der Waals surface area contributed by atoms with E-state index in [0.29, 0.717) is 0 Å². The van der Waals surface area contributed by atoms with E-state index in [4.69, 9.17) is 5.73 Å². The second-order valence-electron chi connectivity index (χ2n) is 6.12. The van der Waals surface area contributed by atoms with E-state index in [-0.39, 0.29) is 24.2 Å². The minimum absolute atomic E-state index is 0. The summed E-state index contributed by atoms with van der Waals surface area (Å²) in [6.07, 6.45) is 3.95. The Hall–Kier alpha value is -1.15. The fourth-order valence-electron chi connectivity index (χ4n) is 2.93. The van der Waals surface area contributed by atoms with Gasteiger partial charge in [0.05, 0.1) is 5.92 Å². The normalized spacial score (nSPS) is 23.3. The summed E-state index contributed by atoms with van der Waals surface area (Å²) in [4.78, 5) is 13.6. The van der Waals surface area contributed by atoms with Gasteiger partial charge in [0.15, 0.2) is 4.34 Å². The van der Waals surface area contributed by atoms with Crippen molar-refractivity contribution in [3.8, 4) is 0 Å². The lowest BCUT2D eigenvalue weighted by molar-refractivity contribution is -0.122. The van der Waals surface area contributed by atoms with Crippen molar-refractivity contribution in [3.05, 3.63) is 29.8 Å². The molecule has 0 bridgehead atoms. The molecule has 1 heterocycles. The van der Waals surface area contributed by atoms with Crippen LogP contribution in [0.25, 0.3) is 0 Å². The van der Waals surface area contributed by atoms with Crippen molar-refractivity contribution in [1.82, 2.24) is 10.2 Å². The Morgan fingerprint density at radius 3 is 2.75 bits per heavy atom. The molecule has 2 atom stereocenters. The number of aromatic nitrogens is 2. The number of carbonyl (C=O) groups is 1. The number of hydrogen-bond donors (Lipinski definition) is 2. The first-order valence-corrected chi connectivity index (χ1v) is 9.38. The smallest absolute Gasteiger partial charge is 0.229 e. The molecular formula is C16H21ClN4OS2. The van der Waals surface area contributed by atoms with Gasteiger partial charge in [0, 0.05) is 16.1 Å². The highest BCUT2D eigenvalue weighted by molar-refractivity contribution is 8.01. The molecule has 0 saturated heterocycles. The SMILES string of the molecule is CC1(N)CCCCC1C(=O)Nc1ccc(Sc2nncs2)cc1.Cl. The molecule has 3 rings (SSSR count). The Balaban J connectivity index is 0.00000208. The van der Waals surface area contributed by atoms with Crippen LogP contribution < -0.4 is 11.1 Å². The number of nitrogens with one attached hydrogen (secondary N) is 1. The van der Waals surface area contributed by atoms with E-state index in [1.165, 1.54) is 11.3 Å². The summed E-state index contributed by atoms with van der Waals surface area (Å²) in [5, 5.41) is 10.8. The van der Waals surface area contributed by atoms with E-state index in [2.05, 4.69) is 15.5 Å². The maximum Gasteiger partial charge on any atom is 0.229 e. The summed E-state index contributed by atoms with van der Waals surface area (Å²) in [6, 6.07) is 7.78. The molecule has 1 aromatic heterocycles. The highest BCUT2D eigenvalue weighted by atomic mass is 35.5. The summed E-state index contributed by atoms with van der Waals surface area (Å²) in [5.41, 5.74) is 8.41. The number of anilines is 1. The van der Waals surface area contributed by atoms with Crippen LogP contribution in [0, 0.1) is 5.92 Å². The first kappa shape index (κ1) is 19.2. The van der Waals surface area contributed by atoms with Gasteiger partial charge in [0.1, 0.15) is 5.51 Å². The van der Waals surface area contributed by atoms with E-state index in [1.54, 1.807) is 17.3 Å². The van der Waals surface area contributed by atoms with Gasteiger partial charge in [-0.3, -0.25) is 4.79 Å². The lowest BCUT2D eigenvalue weighted by Gasteiger charge is -2.37. The van der Waals surface area contributed by atoms with Crippen molar-refractivity contribution >= 4 is 47.1 Å². The van der Waals surface area contributed by atoms with Crippen molar-refractivity contribution in [1.29, 1.82) is 0 Å². The molecule has 1 aliphatic rings. The number of hydrogen-bond acceptors (Lipinski definition) is 6. The average Bonchev–Trinajstić information content (AvgIpc) is 3.01. The van der Waals surface area contributed by atoms with Crippen LogP contribution in [0.3, 0.4) is 0 Å². The molecule has 5 nitrogen and oxygen atoms in total. The molecular weight excluding hydrogens is 364 g/mol. The molecule has 0 aliphatic heterocycles. The van der Waals surface area contributed by atoms with E-state index in [1.807, 2.05) is 31.2 Å². The molecule has 24 heavy (non-hydrogen) atoms. The van der Waals surface area contributed by atoms with E-state index in [0.717, 1.165) is 40.6 Å². The molecule has 130 valence electrons. The number of halogens is 1. The van der Waals surface area contributed by atoms with Gasteiger partial charge in [-0.2, -0.15) is 0 Å². The molecule has 1 saturated carbocycles. The fourth-order valence-corrected chi connectivity index (χ4v) is 4.38. The van der Waals surface area contributed by atoms with Crippen molar-refractivity contribution in [3.63, 3.8) is 0 Å². The number of amides is 1. The van der Waals surface area contributed by atoms with Crippen LogP contribution in [0.5, 0.6) is 0 Å². The number of rotatable bonds is 4. The average molecular weight is 385 g/mol. The molecule has 2 aromatic rings. The topological polar surface area (TPSA) is 80.9 Å². The number of nitrogens with two attached hydrogens (primary N) is 1. The first-order chi connectivity index (χ1) is 11.0. The Morgan fingerprint density at radius 2 is 2.12 bits per heavy atom. The minimum atomic E-state index is -0.407. The van der Waals surface area contributed by atoms with Crippen molar-refractivity contribution < 1.29 is 4.79 Å². The minimum Gasteiger partial charge on any atom is -0.326 e. The van der Waals surface area contributed by atoms with Gasteiger partial charge in [-0.1, -0.05) is 35.9 Å². The standard InChI is InChI=1S/C16H20N4OS2.ClH/c1-16(17)9-3-2-4-13(16)14(21)19-11-5-7-12(8-6-11)23-15-20-18-10-22-15;/h5-8,10,13H,2-4,9,17H2,1H3,(H,19,21);1H. The molecule has 1 fully saturated rings. The number of carbonyl (C=O) groups excluding carboxylic acids is 1. The van der Waals surface area contributed by atoms with Crippen LogP contribution in [0.15, 0.2) is 39.0 Å². The Labute approximate surface area is 156 Å².